The average molecular weight is 312 g/mol. The Hall–Kier alpha value is -3.42. The lowest BCUT2D eigenvalue weighted by Crippen LogP contribution is -2.23. The number of nitrogens with zero attached hydrogens (tertiary/aromatic N) is 3. The van der Waals surface area contributed by atoms with E-state index in [1.807, 2.05) is 0 Å². The average Bonchev–Trinajstić information content (AvgIpc) is 3.02. The van der Waals surface area contributed by atoms with Crippen LogP contribution in [0.15, 0.2) is 47.2 Å². The fourth-order valence-corrected chi connectivity index (χ4v) is 1.91. The van der Waals surface area contributed by atoms with Crippen molar-refractivity contribution in [3.05, 3.63) is 54.2 Å². The molecule has 3 N–H and O–H groups in total. The molecule has 0 fully saturated rings. The molecule has 1 aromatic carbocycles. The molecular formula is C15H12N4O4. The van der Waals surface area contributed by atoms with Crippen LogP contribution < -0.4 is 5.32 Å². The number of carbonyl (C=O) groups excluding carboxylic acids is 1. The van der Waals surface area contributed by atoms with Crippen LogP contribution in [-0.2, 0) is 6.54 Å². The van der Waals surface area contributed by atoms with Gasteiger partial charge in [-0.25, -0.2) is 0 Å². The quantitative estimate of drug-likeness (QED) is 0.667. The third-order valence-corrected chi connectivity index (χ3v) is 3.03. The minimum Gasteiger partial charge on any atom is -0.508 e. The van der Waals surface area contributed by atoms with Crippen molar-refractivity contribution >= 4 is 5.91 Å². The Morgan fingerprint density at radius 2 is 1.96 bits per heavy atom. The van der Waals surface area contributed by atoms with Crippen LogP contribution in [0.3, 0.4) is 0 Å². The molecule has 23 heavy (non-hydrogen) atoms. The number of phenols is 2. The Balaban J connectivity index is 1.67. The standard InChI is InChI=1S/C15H12N4O4/c20-10-1-2-11(12(21)7-10)15(22)17-8-13-18-14(19-23-13)9-3-5-16-6-4-9/h1-7,20-21H,8H2,(H,17,22). The van der Waals surface area contributed by atoms with E-state index in [0.717, 1.165) is 11.6 Å². The lowest BCUT2D eigenvalue weighted by atomic mass is 10.2. The highest BCUT2D eigenvalue weighted by Crippen LogP contribution is 2.22. The molecule has 2 aromatic heterocycles. The molecule has 116 valence electrons. The molecule has 0 saturated heterocycles. The number of benzene rings is 1. The van der Waals surface area contributed by atoms with Crippen molar-refractivity contribution in [2.75, 3.05) is 0 Å². The Labute approximate surface area is 130 Å². The van der Waals surface area contributed by atoms with Crippen LogP contribution in [0.1, 0.15) is 16.2 Å². The number of rotatable bonds is 4. The van der Waals surface area contributed by atoms with Crippen LogP contribution in [0, 0.1) is 0 Å². The molecule has 0 unspecified atom stereocenters. The zero-order valence-corrected chi connectivity index (χ0v) is 11.8. The predicted octanol–water partition coefficient (Wildman–Crippen LogP) is 1.47. The molecule has 0 aliphatic heterocycles. The molecule has 0 aliphatic rings. The molecule has 1 amide bonds. The highest BCUT2D eigenvalue weighted by atomic mass is 16.5. The van der Waals surface area contributed by atoms with Gasteiger partial charge in [0.2, 0.25) is 11.7 Å². The molecular weight excluding hydrogens is 300 g/mol. The van der Waals surface area contributed by atoms with Crippen LogP contribution in [0.4, 0.5) is 0 Å². The fraction of sp³-hybridized carbons (Fsp3) is 0.0667. The summed E-state index contributed by atoms with van der Waals surface area (Å²) < 4.78 is 5.06. The molecule has 0 atom stereocenters. The molecule has 0 spiro atoms. The van der Waals surface area contributed by atoms with Crippen molar-refractivity contribution < 1.29 is 19.5 Å². The van der Waals surface area contributed by atoms with Crippen molar-refractivity contribution in [1.82, 2.24) is 20.4 Å². The van der Waals surface area contributed by atoms with Gasteiger partial charge in [-0.15, -0.1) is 0 Å². The summed E-state index contributed by atoms with van der Waals surface area (Å²) in [7, 11) is 0. The largest absolute Gasteiger partial charge is 0.508 e. The molecule has 2 heterocycles. The first kappa shape index (κ1) is 14.5. The van der Waals surface area contributed by atoms with Crippen molar-refractivity contribution in [3.63, 3.8) is 0 Å². The summed E-state index contributed by atoms with van der Waals surface area (Å²) in [4.78, 5) is 20.0. The lowest BCUT2D eigenvalue weighted by molar-refractivity contribution is 0.0943. The third-order valence-electron chi connectivity index (χ3n) is 3.03. The maximum atomic E-state index is 12.0. The van der Waals surface area contributed by atoms with E-state index in [1.54, 1.807) is 24.5 Å². The maximum absolute atomic E-state index is 12.0. The first-order valence-electron chi connectivity index (χ1n) is 6.66. The lowest BCUT2D eigenvalue weighted by Gasteiger charge is -2.04. The topological polar surface area (TPSA) is 121 Å². The van der Waals surface area contributed by atoms with E-state index < -0.39 is 5.91 Å². The number of phenolic OH excluding ortho intramolecular Hbond substituents is 2. The maximum Gasteiger partial charge on any atom is 0.255 e. The Morgan fingerprint density at radius 3 is 2.70 bits per heavy atom. The fourth-order valence-electron chi connectivity index (χ4n) is 1.91. The normalized spacial score (nSPS) is 10.4. The molecule has 0 radical (unpaired) electrons. The second-order valence-corrected chi connectivity index (χ2v) is 4.63. The van der Waals surface area contributed by atoms with E-state index in [-0.39, 0.29) is 29.5 Å². The predicted molar refractivity (Wildman–Crippen MR) is 78.5 cm³/mol. The van der Waals surface area contributed by atoms with E-state index in [9.17, 15) is 15.0 Å². The molecule has 0 bridgehead atoms. The van der Waals surface area contributed by atoms with Crippen LogP contribution in [0.25, 0.3) is 11.4 Å². The molecule has 0 aliphatic carbocycles. The Morgan fingerprint density at radius 1 is 1.17 bits per heavy atom. The van der Waals surface area contributed by atoms with Gasteiger partial charge < -0.3 is 20.1 Å². The van der Waals surface area contributed by atoms with E-state index >= 15 is 0 Å². The molecule has 0 saturated carbocycles. The minimum atomic E-state index is -0.522. The summed E-state index contributed by atoms with van der Waals surface area (Å²) in [6.45, 7) is 0.0111. The number of hydrogen-bond acceptors (Lipinski definition) is 7. The first-order valence-corrected chi connectivity index (χ1v) is 6.66. The van der Waals surface area contributed by atoms with E-state index in [4.69, 9.17) is 4.52 Å². The van der Waals surface area contributed by atoms with Gasteiger partial charge in [0, 0.05) is 24.0 Å². The number of carbonyl (C=O) groups is 1. The van der Waals surface area contributed by atoms with Gasteiger partial charge in [0.1, 0.15) is 11.5 Å². The van der Waals surface area contributed by atoms with Crippen LogP contribution in [0.2, 0.25) is 0 Å². The highest BCUT2D eigenvalue weighted by Gasteiger charge is 2.14. The Kier molecular flexibility index (Phi) is 3.88. The SMILES string of the molecule is O=C(NCc1nc(-c2ccncc2)no1)c1ccc(O)cc1O. The van der Waals surface area contributed by atoms with Crippen molar-refractivity contribution in [3.8, 4) is 22.9 Å². The number of aromatic hydroxyl groups is 2. The van der Waals surface area contributed by atoms with Gasteiger partial charge in [0.15, 0.2) is 0 Å². The van der Waals surface area contributed by atoms with Gasteiger partial charge in [-0.05, 0) is 24.3 Å². The van der Waals surface area contributed by atoms with Gasteiger partial charge in [-0.2, -0.15) is 4.98 Å². The monoisotopic (exact) mass is 312 g/mol. The van der Waals surface area contributed by atoms with E-state index in [1.165, 1.54) is 12.1 Å². The first-order chi connectivity index (χ1) is 11.1. The summed E-state index contributed by atoms with van der Waals surface area (Å²) in [5, 5.41) is 25.2. The number of amides is 1. The van der Waals surface area contributed by atoms with Crippen molar-refractivity contribution in [2.45, 2.75) is 6.54 Å². The van der Waals surface area contributed by atoms with Crippen molar-refractivity contribution in [1.29, 1.82) is 0 Å². The van der Waals surface area contributed by atoms with Crippen LogP contribution in [0.5, 0.6) is 11.5 Å². The number of aromatic nitrogens is 3. The summed E-state index contributed by atoms with van der Waals surface area (Å²) in [6, 6.07) is 7.19. The summed E-state index contributed by atoms with van der Waals surface area (Å²) >= 11 is 0. The smallest absolute Gasteiger partial charge is 0.255 e. The number of hydrogen-bond donors (Lipinski definition) is 3. The second kappa shape index (κ2) is 6.14. The summed E-state index contributed by atoms with van der Waals surface area (Å²) in [6.07, 6.45) is 3.22. The summed E-state index contributed by atoms with van der Waals surface area (Å²) in [5.41, 5.74) is 0.786. The molecule has 8 nitrogen and oxygen atoms in total. The zero-order chi connectivity index (χ0) is 16.2. The van der Waals surface area contributed by atoms with Gasteiger partial charge in [0.05, 0.1) is 12.1 Å². The van der Waals surface area contributed by atoms with Gasteiger partial charge >= 0.3 is 0 Å². The Bertz CT molecular complexity index is 833. The molecule has 3 aromatic rings. The van der Waals surface area contributed by atoms with Crippen LogP contribution in [-0.4, -0.2) is 31.2 Å². The van der Waals surface area contributed by atoms with Gasteiger partial charge in [-0.1, -0.05) is 5.16 Å². The second-order valence-electron chi connectivity index (χ2n) is 4.63. The number of nitrogens with one attached hydrogen (secondary N) is 1. The summed E-state index contributed by atoms with van der Waals surface area (Å²) in [5.74, 6) is -0.345. The zero-order valence-electron chi connectivity index (χ0n) is 11.8. The van der Waals surface area contributed by atoms with Crippen LogP contribution >= 0.6 is 0 Å². The minimum absolute atomic E-state index is 0.0111. The van der Waals surface area contributed by atoms with Gasteiger partial charge in [-0.3, -0.25) is 9.78 Å². The molecule has 3 rings (SSSR count). The van der Waals surface area contributed by atoms with E-state index in [0.29, 0.717) is 5.82 Å². The third kappa shape index (κ3) is 3.26. The highest BCUT2D eigenvalue weighted by molar-refractivity contribution is 5.96. The van der Waals surface area contributed by atoms with Crippen molar-refractivity contribution in [2.24, 2.45) is 0 Å². The van der Waals surface area contributed by atoms with E-state index in [2.05, 4.69) is 20.4 Å². The van der Waals surface area contributed by atoms with Gasteiger partial charge in [0.25, 0.3) is 5.91 Å². The number of pyridine rings is 1. The molecule has 8 heteroatoms.